The van der Waals surface area contributed by atoms with Crippen LogP contribution in [0, 0.1) is 17.8 Å². The molecule has 2 unspecified atom stereocenters. The summed E-state index contributed by atoms with van der Waals surface area (Å²) in [6.07, 6.45) is 0.704. The van der Waals surface area contributed by atoms with Gasteiger partial charge in [-0.2, -0.15) is 0 Å². The van der Waals surface area contributed by atoms with E-state index >= 15 is 0 Å². The lowest BCUT2D eigenvalue weighted by Crippen LogP contribution is -2.50. The van der Waals surface area contributed by atoms with Crippen LogP contribution in [-0.4, -0.2) is 27.4 Å². The van der Waals surface area contributed by atoms with Crippen molar-refractivity contribution >= 4 is 44.3 Å². The van der Waals surface area contributed by atoms with E-state index in [4.69, 9.17) is 4.98 Å². The van der Waals surface area contributed by atoms with Crippen LogP contribution < -0.4 is 15.8 Å². The van der Waals surface area contributed by atoms with Gasteiger partial charge in [-0.25, -0.2) is 9.88 Å². The number of carbonyl (C=O) groups is 2. The number of rotatable bonds is 3. The molecule has 4 atom stereocenters. The maximum atomic E-state index is 14.4. The molecule has 0 radical (unpaired) electrons. The SMILES string of the molecule is CC(C)CC1NC2(c3ccccc3-n3c2nc2ccccc2c3=O)[C@H]2C(=O)N(c3ccc(Br)cc3)C(=O)[C@@H]12. The molecule has 1 spiro atoms. The molecule has 0 aliphatic carbocycles. The number of fused-ring (bicyclic) bond motifs is 8. The average Bonchev–Trinajstić information content (AvgIpc) is 3.48. The summed E-state index contributed by atoms with van der Waals surface area (Å²) in [7, 11) is 0. The Balaban J connectivity index is 1.52. The van der Waals surface area contributed by atoms with Gasteiger partial charge in [-0.15, -0.1) is 0 Å². The first-order chi connectivity index (χ1) is 18.3. The quantitative estimate of drug-likeness (QED) is 0.367. The lowest BCUT2D eigenvalue weighted by Gasteiger charge is -2.32. The molecular formula is C30H25BrN4O3. The summed E-state index contributed by atoms with van der Waals surface area (Å²) in [4.78, 5) is 48.7. The number of amides is 2. The molecule has 8 heteroatoms. The highest BCUT2D eigenvalue weighted by atomic mass is 79.9. The second-order valence-corrected chi connectivity index (χ2v) is 11.7. The van der Waals surface area contributed by atoms with Crippen LogP contribution in [0.4, 0.5) is 5.69 Å². The summed E-state index contributed by atoms with van der Waals surface area (Å²) < 4.78 is 2.50. The van der Waals surface area contributed by atoms with Gasteiger partial charge >= 0.3 is 0 Å². The number of imide groups is 1. The van der Waals surface area contributed by atoms with Gasteiger partial charge in [0.1, 0.15) is 11.4 Å². The highest BCUT2D eigenvalue weighted by molar-refractivity contribution is 9.10. The van der Waals surface area contributed by atoms with Gasteiger partial charge in [-0.3, -0.25) is 24.3 Å². The van der Waals surface area contributed by atoms with Gasteiger partial charge in [-0.1, -0.05) is 60.1 Å². The van der Waals surface area contributed by atoms with E-state index in [-0.39, 0.29) is 29.3 Å². The summed E-state index contributed by atoms with van der Waals surface area (Å²) in [5, 5.41) is 4.26. The lowest BCUT2D eigenvalue weighted by atomic mass is 9.75. The number of carbonyl (C=O) groups excluding carboxylic acids is 2. The van der Waals surface area contributed by atoms with Crippen LogP contribution in [0.1, 0.15) is 31.7 Å². The van der Waals surface area contributed by atoms with Crippen molar-refractivity contribution in [1.29, 1.82) is 0 Å². The number of hydrogen-bond acceptors (Lipinski definition) is 5. The number of benzene rings is 3. The molecule has 2 fully saturated rings. The minimum Gasteiger partial charge on any atom is -0.297 e. The van der Waals surface area contributed by atoms with Gasteiger partial charge in [0, 0.05) is 16.1 Å². The number of nitrogens with zero attached hydrogens (tertiary/aromatic N) is 3. The lowest BCUT2D eigenvalue weighted by molar-refractivity contribution is -0.123. The Morgan fingerprint density at radius 3 is 2.42 bits per heavy atom. The van der Waals surface area contributed by atoms with E-state index in [2.05, 4.69) is 35.1 Å². The molecule has 2 amide bonds. The summed E-state index contributed by atoms with van der Waals surface area (Å²) in [6, 6.07) is 21.9. The highest BCUT2D eigenvalue weighted by Gasteiger charge is 2.69. The van der Waals surface area contributed by atoms with Crippen LogP contribution in [0.15, 0.2) is 82.1 Å². The van der Waals surface area contributed by atoms with E-state index in [9.17, 15) is 14.4 Å². The summed E-state index contributed by atoms with van der Waals surface area (Å²) in [5.74, 6) is -1.05. The topological polar surface area (TPSA) is 84.3 Å². The molecule has 0 saturated carbocycles. The van der Waals surface area contributed by atoms with E-state index in [1.165, 1.54) is 4.90 Å². The number of halogens is 1. The van der Waals surface area contributed by atoms with Crippen molar-refractivity contribution in [3.05, 3.63) is 99.0 Å². The first-order valence-electron chi connectivity index (χ1n) is 12.9. The first-order valence-corrected chi connectivity index (χ1v) is 13.7. The Morgan fingerprint density at radius 1 is 0.947 bits per heavy atom. The van der Waals surface area contributed by atoms with Crippen molar-refractivity contribution in [2.75, 3.05) is 4.90 Å². The number of anilines is 1. The summed E-state index contributed by atoms with van der Waals surface area (Å²) in [6.45, 7) is 4.23. The fraction of sp³-hybridized carbons (Fsp3) is 0.267. The summed E-state index contributed by atoms with van der Waals surface area (Å²) in [5.41, 5.74) is 1.34. The third-order valence-corrected chi connectivity index (χ3v) is 8.70. The zero-order chi connectivity index (χ0) is 26.3. The smallest absolute Gasteiger partial charge is 0.266 e. The van der Waals surface area contributed by atoms with Crippen LogP contribution in [-0.2, 0) is 15.1 Å². The van der Waals surface area contributed by atoms with E-state index in [1.54, 1.807) is 22.8 Å². The zero-order valence-corrected chi connectivity index (χ0v) is 22.5. The minimum absolute atomic E-state index is 0.179. The molecule has 3 aliphatic heterocycles. The predicted molar refractivity (Wildman–Crippen MR) is 148 cm³/mol. The van der Waals surface area contributed by atoms with Gasteiger partial charge in [0.05, 0.1) is 34.1 Å². The number of nitrogens with one attached hydrogen (secondary N) is 1. The molecule has 190 valence electrons. The highest BCUT2D eigenvalue weighted by Crippen LogP contribution is 2.56. The molecule has 1 aromatic heterocycles. The van der Waals surface area contributed by atoms with Crippen LogP contribution in [0.25, 0.3) is 16.6 Å². The normalized spacial score (nSPS) is 25.5. The monoisotopic (exact) mass is 568 g/mol. The second kappa shape index (κ2) is 8.19. The zero-order valence-electron chi connectivity index (χ0n) is 20.9. The number of aromatic nitrogens is 2. The number of para-hydroxylation sites is 2. The van der Waals surface area contributed by atoms with Crippen molar-refractivity contribution in [1.82, 2.24) is 14.9 Å². The maximum Gasteiger partial charge on any atom is 0.266 e. The Labute approximate surface area is 227 Å². The van der Waals surface area contributed by atoms with E-state index in [0.717, 1.165) is 10.0 Å². The van der Waals surface area contributed by atoms with Gasteiger partial charge in [-0.05, 0) is 54.8 Å². The Bertz CT molecular complexity index is 1710. The van der Waals surface area contributed by atoms with Crippen LogP contribution in [0.3, 0.4) is 0 Å². The van der Waals surface area contributed by atoms with Crippen molar-refractivity contribution in [3.8, 4) is 5.69 Å². The average molecular weight is 569 g/mol. The van der Waals surface area contributed by atoms with E-state index < -0.39 is 17.4 Å². The molecular weight excluding hydrogens is 544 g/mol. The Morgan fingerprint density at radius 2 is 1.66 bits per heavy atom. The summed E-state index contributed by atoms with van der Waals surface area (Å²) >= 11 is 3.44. The van der Waals surface area contributed by atoms with Gasteiger partial charge in [0.2, 0.25) is 11.8 Å². The molecule has 2 saturated heterocycles. The van der Waals surface area contributed by atoms with Gasteiger partial charge < -0.3 is 0 Å². The first kappa shape index (κ1) is 23.5. The molecule has 4 heterocycles. The van der Waals surface area contributed by atoms with Crippen LogP contribution in [0.2, 0.25) is 0 Å². The van der Waals surface area contributed by atoms with E-state index in [0.29, 0.717) is 34.5 Å². The van der Waals surface area contributed by atoms with Crippen molar-refractivity contribution in [3.63, 3.8) is 0 Å². The molecule has 1 N–H and O–H groups in total. The standard InChI is InChI=1S/C30H25BrN4O3/c1-16(2)15-22-24-25(28(38)34(27(24)37)18-13-11-17(31)12-14-18)30(33-22)20-8-4-6-10-23(20)35-26(36)19-7-3-5-9-21(19)32-29(30)35/h3-14,16,22,24-25,33H,15H2,1-2H3/t22?,24-,25+,30?/m0/s1. The molecule has 7 rings (SSSR count). The Hall–Kier alpha value is -3.62. The van der Waals surface area contributed by atoms with Gasteiger partial charge in [0.15, 0.2) is 0 Å². The molecule has 3 aromatic carbocycles. The number of hydrogen-bond donors (Lipinski definition) is 1. The fourth-order valence-electron chi connectivity index (χ4n) is 6.77. The predicted octanol–water partition coefficient (Wildman–Crippen LogP) is 4.53. The van der Waals surface area contributed by atoms with Crippen LogP contribution >= 0.6 is 15.9 Å². The fourth-order valence-corrected chi connectivity index (χ4v) is 7.04. The second-order valence-electron chi connectivity index (χ2n) is 10.8. The molecule has 38 heavy (non-hydrogen) atoms. The van der Waals surface area contributed by atoms with E-state index in [1.807, 2.05) is 54.6 Å². The molecule has 7 nitrogen and oxygen atoms in total. The van der Waals surface area contributed by atoms with Crippen molar-refractivity contribution in [2.24, 2.45) is 17.8 Å². The van der Waals surface area contributed by atoms with Crippen LogP contribution in [0.5, 0.6) is 0 Å². The molecule has 0 bridgehead atoms. The van der Waals surface area contributed by atoms with Crippen molar-refractivity contribution in [2.45, 2.75) is 31.8 Å². The third kappa shape index (κ3) is 2.98. The van der Waals surface area contributed by atoms with Crippen molar-refractivity contribution < 1.29 is 9.59 Å². The molecule has 3 aliphatic rings. The largest absolute Gasteiger partial charge is 0.297 e. The maximum absolute atomic E-state index is 14.4. The molecule has 4 aromatic rings. The minimum atomic E-state index is -1.11. The van der Waals surface area contributed by atoms with Gasteiger partial charge in [0.25, 0.3) is 5.56 Å². The third-order valence-electron chi connectivity index (χ3n) is 8.17. The Kier molecular flexibility index (Phi) is 5.06.